The Morgan fingerprint density at radius 2 is 1.66 bits per heavy atom. The average molecular weight is 558 g/mol. The highest BCUT2D eigenvalue weighted by atomic mass is 35.5. The zero-order valence-corrected chi connectivity index (χ0v) is 23.3. The van der Waals surface area contributed by atoms with E-state index < -0.39 is 10.0 Å². The molecule has 0 saturated carbocycles. The molecular weight excluding hydrogens is 526 g/mol. The number of benzene rings is 3. The van der Waals surface area contributed by atoms with E-state index >= 15 is 0 Å². The van der Waals surface area contributed by atoms with Crippen molar-refractivity contribution >= 4 is 33.2 Å². The molecule has 0 unspecified atom stereocenters. The molecule has 8 nitrogen and oxygen atoms in total. The van der Waals surface area contributed by atoms with Gasteiger partial charge >= 0.3 is 0 Å². The lowest BCUT2D eigenvalue weighted by atomic mass is 10.1. The molecule has 0 bridgehead atoms. The Balaban J connectivity index is 1.50. The maximum absolute atomic E-state index is 13.4. The van der Waals surface area contributed by atoms with Crippen molar-refractivity contribution in [2.24, 2.45) is 0 Å². The number of sulfonamides is 1. The predicted molar refractivity (Wildman–Crippen MR) is 149 cm³/mol. The number of rotatable bonds is 9. The smallest absolute Gasteiger partial charge is 0.253 e. The Morgan fingerprint density at radius 1 is 0.974 bits per heavy atom. The number of carbonyl (C=O) groups excluding carboxylic acids is 1. The first-order valence-corrected chi connectivity index (χ1v) is 14.2. The molecule has 1 aliphatic rings. The van der Waals surface area contributed by atoms with Gasteiger partial charge in [0.25, 0.3) is 5.91 Å². The van der Waals surface area contributed by atoms with E-state index in [2.05, 4.69) is 4.90 Å². The van der Waals surface area contributed by atoms with Crippen LogP contribution in [0.3, 0.4) is 0 Å². The molecule has 0 spiro atoms. The van der Waals surface area contributed by atoms with Crippen LogP contribution in [-0.2, 0) is 16.6 Å². The van der Waals surface area contributed by atoms with E-state index in [0.29, 0.717) is 54.7 Å². The van der Waals surface area contributed by atoms with E-state index in [4.69, 9.17) is 21.1 Å². The van der Waals surface area contributed by atoms with Crippen LogP contribution >= 0.6 is 11.6 Å². The quantitative estimate of drug-likeness (QED) is 0.385. The number of carbonyl (C=O) groups is 1. The number of nitrogens with zero attached hydrogens (tertiary/aromatic N) is 3. The third-order valence-electron chi connectivity index (χ3n) is 6.51. The monoisotopic (exact) mass is 557 g/mol. The van der Waals surface area contributed by atoms with Gasteiger partial charge in [-0.15, -0.1) is 0 Å². The van der Waals surface area contributed by atoms with E-state index in [1.807, 2.05) is 36.1 Å². The lowest BCUT2D eigenvalue weighted by Crippen LogP contribution is -2.48. The summed E-state index contributed by atoms with van der Waals surface area (Å²) < 4.78 is 38.7. The minimum atomic E-state index is -3.77. The van der Waals surface area contributed by atoms with E-state index in [1.165, 1.54) is 23.5 Å². The van der Waals surface area contributed by atoms with Crippen molar-refractivity contribution < 1.29 is 22.7 Å². The normalized spacial score (nSPS) is 14.0. The minimum absolute atomic E-state index is 0.0446. The SMILES string of the molecule is CCOc1ccc(C(=O)N2CCN(c3ccccc3OC)CC2)cc1CN(C)S(=O)(=O)c1ccc(Cl)cc1. The second kappa shape index (κ2) is 12.1. The molecule has 4 rings (SSSR count). The molecule has 1 heterocycles. The maximum atomic E-state index is 13.4. The van der Waals surface area contributed by atoms with Crippen LogP contribution in [-0.4, -0.2) is 70.5 Å². The summed E-state index contributed by atoms with van der Waals surface area (Å²) in [5.41, 5.74) is 2.12. The minimum Gasteiger partial charge on any atom is -0.495 e. The zero-order chi connectivity index (χ0) is 27.3. The molecule has 3 aromatic rings. The first-order chi connectivity index (χ1) is 18.2. The molecule has 1 aliphatic heterocycles. The molecule has 38 heavy (non-hydrogen) atoms. The summed E-state index contributed by atoms with van der Waals surface area (Å²) in [7, 11) is -0.611. The fraction of sp³-hybridized carbons (Fsp3) is 0.321. The van der Waals surface area contributed by atoms with Gasteiger partial charge in [-0.05, 0) is 61.5 Å². The van der Waals surface area contributed by atoms with Crippen LogP contribution in [0.5, 0.6) is 11.5 Å². The maximum Gasteiger partial charge on any atom is 0.253 e. The van der Waals surface area contributed by atoms with Gasteiger partial charge in [0.1, 0.15) is 11.5 Å². The Labute approximate surface area is 229 Å². The Bertz CT molecular complexity index is 1370. The zero-order valence-electron chi connectivity index (χ0n) is 21.8. The van der Waals surface area contributed by atoms with Crippen molar-refractivity contribution in [1.29, 1.82) is 0 Å². The van der Waals surface area contributed by atoms with E-state index in [1.54, 1.807) is 37.4 Å². The van der Waals surface area contributed by atoms with Crippen LogP contribution in [0.15, 0.2) is 71.6 Å². The summed E-state index contributed by atoms with van der Waals surface area (Å²) in [5, 5.41) is 0.459. The Morgan fingerprint density at radius 3 is 2.32 bits per heavy atom. The number of hydrogen-bond donors (Lipinski definition) is 0. The van der Waals surface area contributed by atoms with Crippen molar-refractivity contribution in [3.8, 4) is 11.5 Å². The van der Waals surface area contributed by atoms with Crippen molar-refractivity contribution in [2.45, 2.75) is 18.4 Å². The molecule has 0 aliphatic carbocycles. The van der Waals surface area contributed by atoms with Gasteiger partial charge in [0.2, 0.25) is 10.0 Å². The number of ether oxygens (including phenoxy) is 2. The Hall–Kier alpha value is -3.27. The third kappa shape index (κ3) is 6.06. The lowest BCUT2D eigenvalue weighted by molar-refractivity contribution is 0.0746. The molecule has 0 aromatic heterocycles. The fourth-order valence-electron chi connectivity index (χ4n) is 4.47. The molecule has 1 saturated heterocycles. The number of amides is 1. The van der Waals surface area contributed by atoms with Crippen LogP contribution in [0, 0.1) is 0 Å². The van der Waals surface area contributed by atoms with Gasteiger partial charge in [0.15, 0.2) is 0 Å². The number of hydrogen-bond acceptors (Lipinski definition) is 6. The van der Waals surface area contributed by atoms with Crippen molar-refractivity contribution in [3.05, 3.63) is 82.9 Å². The van der Waals surface area contributed by atoms with Gasteiger partial charge in [-0.3, -0.25) is 4.79 Å². The number of anilines is 1. The average Bonchev–Trinajstić information content (AvgIpc) is 2.94. The van der Waals surface area contributed by atoms with Crippen molar-refractivity contribution in [1.82, 2.24) is 9.21 Å². The molecule has 202 valence electrons. The second-order valence-electron chi connectivity index (χ2n) is 8.92. The van der Waals surface area contributed by atoms with Gasteiger partial charge in [-0.1, -0.05) is 23.7 Å². The van der Waals surface area contributed by atoms with Gasteiger partial charge < -0.3 is 19.3 Å². The molecule has 3 aromatic carbocycles. The van der Waals surface area contributed by atoms with Crippen molar-refractivity contribution in [2.75, 3.05) is 51.8 Å². The number of piperazine rings is 1. The van der Waals surface area contributed by atoms with Gasteiger partial charge in [-0.25, -0.2) is 8.42 Å². The summed E-state index contributed by atoms with van der Waals surface area (Å²) in [6.07, 6.45) is 0. The summed E-state index contributed by atoms with van der Waals surface area (Å²) >= 11 is 5.92. The summed E-state index contributed by atoms with van der Waals surface area (Å²) in [5.74, 6) is 1.25. The fourth-order valence-corrected chi connectivity index (χ4v) is 5.74. The summed E-state index contributed by atoms with van der Waals surface area (Å²) in [4.78, 5) is 17.6. The molecule has 1 amide bonds. The standard InChI is InChI=1S/C28H32ClN3O5S/c1-4-37-26-14-9-21(19-22(26)20-30(2)38(34,35)24-12-10-23(29)11-13-24)28(33)32-17-15-31(16-18-32)25-7-5-6-8-27(25)36-3/h5-14,19H,4,15-18,20H2,1-3H3. The van der Waals surface area contributed by atoms with Gasteiger partial charge in [0, 0.05) is 55.9 Å². The number of methoxy groups -OCH3 is 1. The van der Waals surface area contributed by atoms with Crippen LogP contribution in [0.2, 0.25) is 5.02 Å². The Kier molecular flexibility index (Phi) is 8.81. The van der Waals surface area contributed by atoms with E-state index in [0.717, 1.165) is 11.4 Å². The highest BCUT2D eigenvalue weighted by molar-refractivity contribution is 7.89. The molecule has 1 fully saturated rings. The topological polar surface area (TPSA) is 79.4 Å². The summed E-state index contributed by atoms with van der Waals surface area (Å²) in [6, 6.07) is 19.1. The van der Waals surface area contributed by atoms with E-state index in [9.17, 15) is 13.2 Å². The molecule has 10 heteroatoms. The first-order valence-electron chi connectivity index (χ1n) is 12.4. The van der Waals surface area contributed by atoms with Crippen LogP contribution in [0.1, 0.15) is 22.8 Å². The lowest BCUT2D eigenvalue weighted by Gasteiger charge is -2.36. The molecular formula is C28H32ClN3O5S. The van der Waals surface area contributed by atoms with Crippen LogP contribution in [0.4, 0.5) is 5.69 Å². The summed E-state index contributed by atoms with van der Waals surface area (Å²) in [6.45, 7) is 4.80. The van der Waals surface area contributed by atoms with Crippen LogP contribution in [0.25, 0.3) is 0 Å². The van der Waals surface area contributed by atoms with Crippen LogP contribution < -0.4 is 14.4 Å². The first kappa shape index (κ1) is 27.8. The molecule has 0 atom stereocenters. The number of para-hydroxylation sites is 2. The molecule has 0 N–H and O–H groups in total. The molecule has 0 radical (unpaired) electrons. The number of halogens is 1. The second-order valence-corrected chi connectivity index (χ2v) is 11.4. The highest BCUT2D eigenvalue weighted by Gasteiger charge is 2.26. The van der Waals surface area contributed by atoms with E-state index in [-0.39, 0.29) is 17.3 Å². The van der Waals surface area contributed by atoms with Gasteiger partial charge in [-0.2, -0.15) is 4.31 Å². The highest BCUT2D eigenvalue weighted by Crippen LogP contribution is 2.29. The largest absolute Gasteiger partial charge is 0.495 e. The van der Waals surface area contributed by atoms with Crippen molar-refractivity contribution in [3.63, 3.8) is 0 Å². The van der Waals surface area contributed by atoms with Gasteiger partial charge in [0.05, 0.1) is 24.3 Å². The predicted octanol–water partition coefficient (Wildman–Crippen LogP) is 4.53. The third-order valence-corrected chi connectivity index (χ3v) is 8.58.